The molecule has 0 aliphatic heterocycles. The average molecular weight is 412 g/mol. The minimum atomic E-state index is -0.838. The monoisotopic (exact) mass is 411 g/mol. The maximum absolute atomic E-state index is 10.8. The lowest BCUT2D eigenvalue weighted by molar-refractivity contribution is 0.0989. The summed E-state index contributed by atoms with van der Waals surface area (Å²) in [7, 11) is 4.28. The Morgan fingerprint density at radius 1 is 1.10 bits per heavy atom. The van der Waals surface area contributed by atoms with Crippen LogP contribution >= 0.6 is 0 Å². The topological polar surface area (TPSA) is 43.7 Å². The van der Waals surface area contributed by atoms with Gasteiger partial charge in [-0.1, -0.05) is 60.6 Å². The standard InChI is InChI=1S/C27H41NO2/c1-27(30,15-13-21-10-6-4-7-11-21)16-14-24-25-19-22(18-23(25)20-26(24)29)12-8-5-9-17-28(2)3/h4,6-7,10-11,14,16,18,23-26,29-30H,5,8-9,12-13,15,17,19-20H2,1-3H3/t23-,24+,25-,26+,27+/m0/s1. The minimum absolute atomic E-state index is 0.167. The van der Waals surface area contributed by atoms with Gasteiger partial charge in [0.2, 0.25) is 0 Å². The molecule has 0 heterocycles. The molecule has 0 saturated heterocycles. The van der Waals surface area contributed by atoms with Crippen molar-refractivity contribution in [2.45, 2.75) is 70.0 Å². The number of hydrogen-bond donors (Lipinski definition) is 2. The van der Waals surface area contributed by atoms with E-state index in [1.165, 1.54) is 37.8 Å². The number of rotatable bonds is 11. The summed E-state index contributed by atoms with van der Waals surface area (Å²) in [5, 5.41) is 21.5. The number of aryl methyl sites for hydroxylation is 1. The van der Waals surface area contributed by atoms with Crippen LogP contribution in [0.2, 0.25) is 0 Å². The minimum Gasteiger partial charge on any atom is -0.392 e. The number of aliphatic hydroxyl groups excluding tert-OH is 1. The first kappa shape index (κ1) is 23.2. The third-order valence-electron chi connectivity index (χ3n) is 6.99. The number of unbranched alkanes of at least 4 members (excludes halogenated alkanes) is 2. The van der Waals surface area contributed by atoms with Gasteiger partial charge in [-0.15, -0.1) is 0 Å². The second-order valence-corrected chi connectivity index (χ2v) is 10.1. The molecule has 2 aliphatic carbocycles. The van der Waals surface area contributed by atoms with Crippen molar-refractivity contribution in [3.8, 4) is 0 Å². The van der Waals surface area contributed by atoms with E-state index in [1.807, 2.05) is 31.2 Å². The van der Waals surface area contributed by atoms with E-state index in [0.29, 0.717) is 18.3 Å². The average Bonchev–Trinajstić information content (AvgIpc) is 3.21. The molecule has 0 bridgehead atoms. The number of aliphatic hydroxyl groups is 2. The third kappa shape index (κ3) is 6.80. The molecular formula is C27H41NO2. The van der Waals surface area contributed by atoms with E-state index in [1.54, 1.807) is 5.57 Å². The van der Waals surface area contributed by atoms with Crippen molar-refractivity contribution < 1.29 is 10.2 Å². The van der Waals surface area contributed by atoms with Gasteiger partial charge >= 0.3 is 0 Å². The molecule has 0 unspecified atom stereocenters. The molecule has 0 aromatic heterocycles. The smallest absolute Gasteiger partial charge is 0.0802 e. The number of benzene rings is 1. The van der Waals surface area contributed by atoms with Crippen LogP contribution in [0.25, 0.3) is 0 Å². The second-order valence-electron chi connectivity index (χ2n) is 10.1. The van der Waals surface area contributed by atoms with Crippen LogP contribution in [0.5, 0.6) is 0 Å². The van der Waals surface area contributed by atoms with Gasteiger partial charge in [-0.05, 0) is 89.9 Å². The Labute approximate surface area is 183 Å². The normalized spacial score (nSPS) is 28.1. The van der Waals surface area contributed by atoms with Gasteiger partial charge in [-0.25, -0.2) is 0 Å². The Bertz CT molecular complexity index is 707. The van der Waals surface area contributed by atoms with Crippen molar-refractivity contribution >= 4 is 0 Å². The second kappa shape index (κ2) is 10.7. The lowest BCUT2D eigenvalue weighted by Crippen LogP contribution is -2.24. The van der Waals surface area contributed by atoms with Crippen molar-refractivity contribution in [3.05, 3.63) is 59.7 Å². The van der Waals surface area contributed by atoms with E-state index in [-0.39, 0.29) is 12.0 Å². The Morgan fingerprint density at radius 2 is 1.87 bits per heavy atom. The van der Waals surface area contributed by atoms with Gasteiger partial charge in [0.05, 0.1) is 11.7 Å². The summed E-state index contributed by atoms with van der Waals surface area (Å²) in [6, 6.07) is 10.3. The summed E-state index contributed by atoms with van der Waals surface area (Å²) in [5.41, 5.74) is 2.01. The van der Waals surface area contributed by atoms with E-state index in [2.05, 4.69) is 43.3 Å². The fourth-order valence-corrected chi connectivity index (χ4v) is 5.19. The molecule has 0 amide bonds. The molecule has 166 valence electrons. The Hall–Kier alpha value is -1.42. The molecule has 3 heteroatoms. The highest BCUT2D eigenvalue weighted by Gasteiger charge is 2.43. The van der Waals surface area contributed by atoms with Crippen molar-refractivity contribution in [2.75, 3.05) is 20.6 Å². The molecule has 1 saturated carbocycles. The Kier molecular flexibility index (Phi) is 8.33. The molecule has 0 radical (unpaired) electrons. The van der Waals surface area contributed by atoms with E-state index >= 15 is 0 Å². The molecule has 1 aromatic rings. The number of hydrogen-bond acceptors (Lipinski definition) is 3. The molecule has 30 heavy (non-hydrogen) atoms. The van der Waals surface area contributed by atoms with Crippen LogP contribution in [0.1, 0.15) is 57.4 Å². The zero-order valence-corrected chi connectivity index (χ0v) is 19.1. The highest BCUT2D eigenvalue weighted by Crippen LogP contribution is 2.48. The van der Waals surface area contributed by atoms with Crippen LogP contribution < -0.4 is 0 Å². The van der Waals surface area contributed by atoms with Crippen molar-refractivity contribution in [1.29, 1.82) is 0 Å². The summed E-state index contributed by atoms with van der Waals surface area (Å²) in [6.07, 6.45) is 14.8. The third-order valence-corrected chi connectivity index (χ3v) is 6.99. The summed E-state index contributed by atoms with van der Waals surface area (Å²) < 4.78 is 0. The van der Waals surface area contributed by atoms with Gasteiger partial charge in [0.15, 0.2) is 0 Å². The van der Waals surface area contributed by atoms with E-state index in [4.69, 9.17) is 0 Å². The van der Waals surface area contributed by atoms with Crippen molar-refractivity contribution in [1.82, 2.24) is 4.90 Å². The number of nitrogens with zero attached hydrogens (tertiary/aromatic N) is 1. The van der Waals surface area contributed by atoms with Gasteiger partial charge in [0.25, 0.3) is 0 Å². The van der Waals surface area contributed by atoms with E-state index in [0.717, 1.165) is 19.3 Å². The van der Waals surface area contributed by atoms with E-state index in [9.17, 15) is 10.2 Å². The van der Waals surface area contributed by atoms with Crippen molar-refractivity contribution in [3.63, 3.8) is 0 Å². The maximum atomic E-state index is 10.8. The number of allylic oxidation sites excluding steroid dienone is 2. The van der Waals surface area contributed by atoms with Gasteiger partial charge < -0.3 is 15.1 Å². The zero-order chi connectivity index (χ0) is 21.6. The van der Waals surface area contributed by atoms with Crippen LogP contribution in [0, 0.1) is 17.8 Å². The molecule has 2 aliphatic rings. The first-order valence-corrected chi connectivity index (χ1v) is 11.8. The molecule has 0 spiro atoms. The van der Waals surface area contributed by atoms with Crippen LogP contribution in [-0.4, -0.2) is 47.5 Å². The lowest BCUT2D eigenvalue weighted by atomic mass is 9.87. The Balaban J connectivity index is 1.47. The summed E-state index contributed by atoms with van der Waals surface area (Å²) in [5.74, 6) is 1.19. The quantitative estimate of drug-likeness (QED) is 0.398. The highest BCUT2D eigenvalue weighted by atomic mass is 16.3. The van der Waals surface area contributed by atoms with Gasteiger partial charge in [-0.3, -0.25) is 0 Å². The SMILES string of the molecule is CN(C)CCCCCC1=C[C@H]2C[C@@H](O)[C@H](C=C[C@](C)(O)CCc3ccccc3)[C@H]2C1. The fraction of sp³-hybridized carbons (Fsp3) is 0.630. The summed E-state index contributed by atoms with van der Waals surface area (Å²) in [4.78, 5) is 2.26. The molecule has 1 fully saturated rings. The predicted molar refractivity (Wildman–Crippen MR) is 125 cm³/mol. The predicted octanol–water partition coefficient (Wildman–Crippen LogP) is 4.99. The lowest BCUT2D eigenvalue weighted by Gasteiger charge is -2.23. The van der Waals surface area contributed by atoms with Gasteiger partial charge in [0.1, 0.15) is 0 Å². The van der Waals surface area contributed by atoms with E-state index < -0.39 is 5.60 Å². The van der Waals surface area contributed by atoms with Crippen LogP contribution in [0.15, 0.2) is 54.1 Å². The molecule has 5 atom stereocenters. The Morgan fingerprint density at radius 3 is 2.60 bits per heavy atom. The first-order chi connectivity index (χ1) is 14.3. The fourth-order valence-electron chi connectivity index (χ4n) is 5.19. The van der Waals surface area contributed by atoms with Crippen molar-refractivity contribution in [2.24, 2.45) is 17.8 Å². The number of fused-ring (bicyclic) bond motifs is 1. The summed E-state index contributed by atoms with van der Waals surface area (Å²) >= 11 is 0. The molecular weight excluding hydrogens is 370 g/mol. The first-order valence-electron chi connectivity index (χ1n) is 11.8. The van der Waals surface area contributed by atoms with Crippen LogP contribution in [0.4, 0.5) is 0 Å². The summed E-state index contributed by atoms with van der Waals surface area (Å²) in [6.45, 7) is 3.06. The van der Waals surface area contributed by atoms with Gasteiger partial charge in [-0.2, -0.15) is 0 Å². The zero-order valence-electron chi connectivity index (χ0n) is 19.1. The highest BCUT2D eigenvalue weighted by molar-refractivity contribution is 5.22. The largest absolute Gasteiger partial charge is 0.392 e. The van der Waals surface area contributed by atoms with Crippen LogP contribution in [-0.2, 0) is 6.42 Å². The molecule has 2 N–H and O–H groups in total. The molecule has 3 nitrogen and oxygen atoms in total. The van der Waals surface area contributed by atoms with Crippen LogP contribution in [0.3, 0.4) is 0 Å². The molecule has 1 aromatic carbocycles. The van der Waals surface area contributed by atoms with Gasteiger partial charge in [0, 0.05) is 5.92 Å². The molecule has 3 rings (SSSR count). The maximum Gasteiger partial charge on any atom is 0.0802 e.